The number of benzene rings is 5. The highest BCUT2D eigenvalue weighted by atomic mass is 35.5. The van der Waals surface area contributed by atoms with E-state index in [1.165, 1.54) is 15.9 Å². The second kappa shape index (κ2) is 12.5. The predicted molar refractivity (Wildman–Crippen MR) is 172 cm³/mol. The molecule has 5 aromatic carbocycles. The van der Waals surface area contributed by atoms with E-state index in [1.807, 2.05) is 48.5 Å². The Bertz CT molecular complexity index is 1420. The van der Waals surface area contributed by atoms with Gasteiger partial charge in [0.2, 0.25) is 0 Å². The van der Waals surface area contributed by atoms with Crippen LogP contribution < -0.4 is 15.9 Å². The molecule has 2 nitrogen and oxygen atoms in total. The summed E-state index contributed by atoms with van der Waals surface area (Å²) in [7, 11) is -2.06. The molecule has 0 amide bonds. The summed E-state index contributed by atoms with van der Waals surface area (Å²) in [5.74, 6) is 0. The van der Waals surface area contributed by atoms with Gasteiger partial charge in [0.25, 0.3) is 0 Å². The van der Waals surface area contributed by atoms with E-state index in [0.717, 1.165) is 28.7 Å². The Morgan fingerprint density at radius 2 is 0.872 bits per heavy atom. The van der Waals surface area contributed by atoms with E-state index in [4.69, 9.17) is 33.4 Å². The van der Waals surface area contributed by atoms with Gasteiger partial charge in [-0.25, -0.2) is 0 Å². The number of halogens is 2. The van der Waals surface area contributed by atoms with E-state index in [1.54, 1.807) is 0 Å². The lowest BCUT2D eigenvalue weighted by Gasteiger charge is -2.27. The summed E-state index contributed by atoms with van der Waals surface area (Å²) < 4.78 is 0. The minimum atomic E-state index is -2.06. The summed E-state index contributed by atoms with van der Waals surface area (Å²) in [5.41, 5.74) is 3.60. The largest absolute Gasteiger partial charge is 0.156 e. The Hall–Kier alpha value is -3.55. The van der Waals surface area contributed by atoms with Crippen LogP contribution in [0.3, 0.4) is 0 Å². The predicted octanol–water partition coefficient (Wildman–Crippen LogP) is 8.20. The molecule has 0 aromatic heterocycles. The van der Waals surface area contributed by atoms with Crippen molar-refractivity contribution in [3.05, 3.63) is 161 Å². The number of rotatable bonds is 8. The third-order valence-electron chi connectivity index (χ3n) is 6.61. The van der Waals surface area contributed by atoms with E-state index in [9.17, 15) is 0 Å². The van der Waals surface area contributed by atoms with Crippen LogP contribution in [0.1, 0.15) is 18.1 Å². The van der Waals surface area contributed by atoms with Gasteiger partial charge in [0.15, 0.2) is 0 Å². The molecule has 5 aromatic rings. The van der Waals surface area contributed by atoms with Gasteiger partial charge in [0.1, 0.15) is 35.0 Å². The second-order valence-electron chi connectivity index (χ2n) is 9.27. The van der Waals surface area contributed by atoms with Crippen LogP contribution >= 0.6 is 30.5 Å². The summed E-state index contributed by atoms with van der Waals surface area (Å²) in [4.78, 5) is 0. The molecule has 0 aliphatic carbocycles. The number of hydrogen-bond donors (Lipinski definition) is 0. The molecule has 0 spiro atoms. The summed E-state index contributed by atoms with van der Waals surface area (Å²) in [5, 5.41) is 15.0. The molecule has 5 heteroatoms. The molecule has 0 N–H and O–H groups in total. The SMILES string of the molecule is CC(C[P+](c1ccccc1)(c1ccccc1)c1ccccc1)=NN=C(c1ccc(Cl)cc1)c1ccc(Cl)cc1. The molecule has 0 unspecified atom stereocenters. The monoisotopic (exact) mass is 565 g/mol. The fourth-order valence-electron chi connectivity index (χ4n) is 4.78. The molecule has 5 rings (SSSR count). The lowest BCUT2D eigenvalue weighted by molar-refractivity contribution is 1.22. The van der Waals surface area contributed by atoms with Crippen molar-refractivity contribution in [1.82, 2.24) is 0 Å². The van der Waals surface area contributed by atoms with Crippen molar-refractivity contribution in [3.63, 3.8) is 0 Å². The van der Waals surface area contributed by atoms with Crippen LogP contribution in [0.4, 0.5) is 0 Å². The molecule has 0 bridgehead atoms. The first-order chi connectivity index (χ1) is 19.1. The molecule has 192 valence electrons. The Morgan fingerprint density at radius 1 is 0.513 bits per heavy atom. The van der Waals surface area contributed by atoms with E-state index >= 15 is 0 Å². The minimum Gasteiger partial charge on any atom is -0.156 e. The van der Waals surface area contributed by atoms with Crippen LogP contribution in [0.25, 0.3) is 0 Å². The quantitative estimate of drug-likeness (QED) is 0.103. The van der Waals surface area contributed by atoms with Crippen molar-refractivity contribution in [3.8, 4) is 0 Å². The maximum atomic E-state index is 6.18. The highest BCUT2D eigenvalue weighted by molar-refractivity contribution is 7.96. The van der Waals surface area contributed by atoms with Gasteiger partial charge in [0, 0.05) is 21.2 Å². The van der Waals surface area contributed by atoms with Crippen molar-refractivity contribution in [2.75, 3.05) is 6.16 Å². The smallest absolute Gasteiger partial charge is 0.117 e. The zero-order chi connectivity index (χ0) is 27.1. The molecular formula is C34H28Cl2N2P+. The third kappa shape index (κ3) is 6.21. The summed E-state index contributed by atoms with van der Waals surface area (Å²) in [6.07, 6.45) is 0.767. The van der Waals surface area contributed by atoms with Gasteiger partial charge in [-0.05, 0) is 67.6 Å². The fourth-order valence-corrected chi connectivity index (χ4v) is 9.26. The van der Waals surface area contributed by atoms with Gasteiger partial charge in [0.05, 0.1) is 5.71 Å². The second-order valence-corrected chi connectivity index (χ2v) is 13.6. The van der Waals surface area contributed by atoms with Gasteiger partial charge >= 0.3 is 0 Å². The first-order valence-corrected chi connectivity index (χ1v) is 15.5. The first kappa shape index (κ1) is 27.0. The molecule has 0 aliphatic rings. The molecule has 0 radical (unpaired) electrons. The normalized spacial score (nSPS) is 11.7. The van der Waals surface area contributed by atoms with Crippen molar-refractivity contribution in [1.29, 1.82) is 0 Å². The Labute approximate surface area is 241 Å². The molecule has 39 heavy (non-hydrogen) atoms. The molecule has 0 saturated heterocycles. The molecular weight excluding hydrogens is 538 g/mol. The molecule has 0 heterocycles. The van der Waals surface area contributed by atoms with Crippen molar-refractivity contribution >= 4 is 57.8 Å². The lowest BCUT2D eigenvalue weighted by atomic mass is 10.0. The Morgan fingerprint density at radius 3 is 1.23 bits per heavy atom. The molecule has 0 saturated carbocycles. The lowest BCUT2D eigenvalue weighted by Crippen LogP contribution is -2.35. The summed E-state index contributed by atoms with van der Waals surface area (Å²) in [6.45, 7) is 2.08. The van der Waals surface area contributed by atoms with Crippen LogP contribution in [0.2, 0.25) is 10.0 Å². The topological polar surface area (TPSA) is 24.7 Å². The molecule has 0 aliphatic heterocycles. The maximum absolute atomic E-state index is 6.18. The zero-order valence-corrected chi connectivity index (χ0v) is 24.0. The fraction of sp³-hybridized carbons (Fsp3) is 0.0588. The van der Waals surface area contributed by atoms with E-state index in [2.05, 4.69) is 97.9 Å². The van der Waals surface area contributed by atoms with Crippen LogP contribution in [0.15, 0.2) is 150 Å². The van der Waals surface area contributed by atoms with Gasteiger partial charge in [-0.3, -0.25) is 0 Å². The standard InChI is InChI=1S/C34H28Cl2N2P/c1-26(37-38-34(27-17-21-29(35)22-18-27)28-19-23-30(36)24-20-28)25-39(31-11-5-2-6-12-31,32-13-7-3-8-14-32)33-15-9-4-10-16-33/h2-24H,25H2,1H3/q+1. The van der Waals surface area contributed by atoms with Gasteiger partial charge in [-0.15, -0.1) is 5.10 Å². The van der Waals surface area contributed by atoms with Gasteiger partial charge in [-0.1, -0.05) is 102 Å². The van der Waals surface area contributed by atoms with Crippen LogP contribution in [-0.4, -0.2) is 17.6 Å². The third-order valence-corrected chi connectivity index (χ3v) is 11.6. The summed E-state index contributed by atoms with van der Waals surface area (Å²) >= 11 is 12.4. The Balaban J connectivity index is 1.64. The maximum Gasteiger partial charge on any atom is 0.117 e. The van der Waals surface area contributed by atoms with E-state index < -0.39 is 7.26 Å². The number of nitrogens with zero attached hydrogens (tertiary/aromatic N) is 2. The number of hydrogen-bond acceptors (Lipinski definition) is 2. The van der Waals surface area contributed by atoms with Crippen LogP contribution in [-0.2, 0) is 0 Å². The van der Waals surface area contributed by atoms with Crippen molar-refractivity contribution in [2.24, 2.45) is 10.2 Å². The first-order valence-electron chi connectivity index (χ1n) is 12.7. The highest BCUT2D eigenvalue weighted by Gasteiger charge is 2.45. The van der Waals surface area contributed by atoms with Gasteiger partial charge < -0.3 is 0 Å². The Kier molecular flexibility index (Phi) is 8.69. The molecule has 0 atom stereocenters. The molecule has 0 fully saturated rings. The average molecular weight is 566 g/mol. The minimum absolute atomic E-state index is 0.678. The van der Waals surface area contributed by atoms with Crippen molar-refractivity contribution in [2.45, 2.75) is 6.92 Å². The van der Waals surface area contributed by atoms with Crippen molar-refractivity contribution < 1.29 is 0 Å². The van der Waals surface area contributed by atoms with E-state index in [-0.39, 0.29) is 0 Å². The van der Waals surface area contributed by atoms with Crippen LogP contribution in [0.5, 0.6) is 0 Å². The zero-order valence-electron chi connectivity index (χ0n) is 21.6. The average Bonchev–Trinajstić information content (AvgIpc) is 2.99. The highest BCUT2D eigenvalue weighted by Crippen LogP contribution is 2.55. The summed E-state index contributed by atoms with van der Waals surface area (Å²) in [6, 6.07) is 47.8. The van der Waals surface area contributed by atoms with E-state index in [0.29, 0.717) is 10.0 Å². The van der Waals surface area contributed by atoms with Crippen LogP contribution in [0, 0.1) is 0 Å². The van der Waals surface area contributed by atoms with Gasteiger partial charge in [-0.2, -0.15) is 5.10 Å².